The number of halogens is 1. The summed E-state index contributed by atoms with van der Waals surface area (Å²) in [5.41, 5.74) is 1.05. The Labute approximate surface area is 144 Å². The van der Waals surface area contributed by atoms with Crippen LogP contribution in [0.5, 0.6) is 0 Å². The molecular formula is C19H28FN3O. The van der Waals surface area contributed by atoms with Crippen LogP contribution in [0.25, 0.3) is 0 Å². The number of amides is 1. The highest BCUT2D eigenvalue weighted by atomic mass is 19.1. The molecule has 0 spiro atoms. The lowest BCUT2D eigenvalue weighted by molar-refractivity contribution is -0.123. The maximum Gasteiger partial charge on any atom is 0.234 e. The van der Waals surface area contributed by atoms with Gasteiger partial charge >= 0.3 is 0 Å². The molecule has 4 nitrogen and oxygen atoms in total. The van der Waals surface area contributed by atoms with E-state index in [0.29, 0.717) is 18.5 Å². The molecule has 2 fully saturated rings. The highest BCUT2D eigenvalue weighted by Crippen LogP contribution is 2.23. The van der Waals surface area contributed by atoms with Crippen molar-refractivity contribution in [3.63, 3.8) is 0 Å². The number of benzene rings is 1. The number of carbonyl (C=O) groups is 1. The van der Waals surface area contributed by atoms with Crippen molar-refractivity contribution in [3.05, 3.63) is 30.1 Å². The van der Waals surface area contributed by atoms with Crippen molar-refractivity contribution in [3.8, 4) is 0 Å². The van der Waals surface area contributed by atoms with E-state index in [1.54, 1.807) is 0 Å². The van der Waals surface area contributed by atoms with Gasteiger partial charge in [0.15, 0.2) is 0 Å². The first kappa shape index (κ1) is 17.2. The van der Waals surface area contributed by atoms with E-state index in [2.05, 4.69) is 22.0 Å². The largest absolute Gasteiger partial charge is 0.369 e. The van der Waals surface area contributed by atoms with Gasteiger partial charge in [0.05, 0.1) is 6.54 Å². The van der Waals surface area contributed by atoms with E-state index in [9.17, 15) is 9.18 Å². The predicted molar refractivity (Wildman–Crippen MR) is 94.6 cm³/mol. The minimum atomic E-state index is -0.203. The summed E-state index contributed by atoms with van der Waals surface area (Å²) in [5, 5.41) is 3.23. The summed E-state index contributed by atoms with van der Waals surface area (Å²) in [5.74, 6) is 0.549. The number of hydrogen-bond donors (Lipinski definition) is 1. The van der Waals surface area contributed by atoms with Gasteiger partial charge in [-0.2, -0.15) is 0 Å². The van der Waals surface area contributed by atoms with Gasteiger partial charge in [-0.3, -0.25) is 9.69 Å². The number of nitrogens with zero attached hydrogens (tertiary/aromatic N) is 2. The molecule has 0 aromatic heterocycles. The molecule has 0 unspecified atom stereocenters. The number of carbonyl (C=O) groups excluding carboxylic acids is 1. The average molecular weight is 333 g/mol. The third-order valence-corrected chi connectivity index (χ3v) is 5.39. The Morgan fingerprint density at radius 1 is 1.12 bits per heavy atom. The molecule has 1 saturated heterocycles. The number of rotatable bonds is 4. The zero-order valence-electron chi connectivity index (χ0n) is 14.5. The van der Waals surface area contributed by atoms with Gasteiger partial charge < -0.3 is 10.2 Å². The first-order valence-electron chi connectivity index (χ1n) is 9.14. The Bertz CT molecular complexity index is 540. The summed E-state index contributed by atoms with van der Waals surface area (Å²) in [4.78, 5) is 16.8. The van der Waals surface area contributed by atoms with Crippen LogP contribution in [-0.4, -0.2) is 49.6 Å². The normalized spacial score (nSPS) is 25.5. The van der Waals surface area contributed by atoms with E-state index in [4.69, 9.17) is 0 Å². The minimum Gasteiger partial charge on any atom is -0.369 e. The van der Waals surface area contributed by atoms with Gasteiger partial charge in [0.2, 0.25) is 5.91 Å². The third-order valence-electron chi connectivity index (χ3n) is 5.39. The molecule has 1 saturated carbocycles. The van der Waals surface area contributed by atoms with Crippen molar-refractivity contribution in [2.24, 2.45) is 5.92 Å². The second kappa shape index (κ2) is 7.97. The molecule has 1 aliphatic carbocycles. The fraction of sp³-hybridized carbons (Fsp3) is 0.632. The van der Waals surface area contributed by atoms with Gasteiger partial charge in [0.25, 0.3) is 0 Å². The number of nitrogens with one attached hydrogen (secondary N) is 1. The Balaban J connectivity index is 1.43. The molecule has 1 aromatic rings. The van der Waals surface area contributed by atoms with Crippen LogP contribution < -0.4 is 10.2 Å². The van der Waals surface area contributed by atoms with Gasteiger partial charge in [-0.15, -0.1) is 0 Å². The molecule has 2 atom stereocenters. The molecule has 132 valence electrons. The summed E-state index contributed by atoms with van der Waals surface area (Å²) in [6.45, 7) is 6.21. The lowest BCUT2D eigenvalue weighted by Gasteiger charge is -2.36. The number of hydrogen-bond acceptors (Lipinski definition) is 3. The van der Waals surface area contributed by atoms with Crippen LogP contribution in [0.3, 0.4) is 0 Å². The molecule has 2 aliphatic rings. The Morgan fingerprint density at radius 3 is 2.46 bits per heavy atom. The van der Waals surface area contributed by atoms with Crippen molar-refractivity contribution >= 4 is 11.6 Å². The fourth-order valence-electron chi connectivity index (χ4n) is 3.80. The Kier molecular flexibility index (Phi) is 5.72. The third kappa shape index (κ3) is 4.47. The number of anilines is 1. The smallest absolute Gasteiger partial charge is 0.234 e. The van der Waals surface area contributed by atoms with Crippen LogP contribution in [0.2, 0.25) is 0 Å². The predicted octanol–water partition coefficient (Wildman–Crippen LogP) is 2.64. The van der Waals surface area contributed by atoms with Crippen molar-refractivity contribution in [2.75, 3.05) is 37.6 Å². The second-order valence-corrected chi connectivity index (χ2v) is 7.18. The quantitative estimate of drug-likeness (QED) is 0.920. The van der Waals surface area contributed by atoms with E-state index in [0.717, 1.165) is 38.3 Å². The van der Waals surface area contributed by atoms with E-state index < -0.39 is 0 Å². The highest BCUT2D eigenvalue weighted by molar-refractivity contribution is 5.78. The Hall–Kier alpha value is -1.62. The zero-order chi connectivity index (χ0) is 16.9. The molecule has 0 bridgehead atoms. The fourth-order valence-corrected chi connectivity index (χ4v) is 3.80. The van der Waals surface area contributed by atoms with Gasteiger partial charge in [-0.1, -0.05) is 19.8 Å². The van der Waals surface area contributed by atoms with Crippen LogP contribution >= 0.6 is 0 Å². The SMILES string of the molecule is C[C@H]1CCCC[C@@H]1NC(=O)CN1CCN(c2ccc(F)cc2)CC1. The number of piperazine rings is 1. The molecule has 3 rings (SSSR count). The van der Waals surface area contributed by atoms with Gasteiger partial charge in [0.1, 0.15) is 5.82 Å². The van der Waals surface area contributed by atoms with Crippen molar-refractivity contribution in [1.29, 1.82) is 0 Å². The van der Waals surface area contributed by atoms with Gasteiger partial charge in [-0.05, 0) is 43.0 Å². The van der Waals surface area contributed by atoms with Crippen LogP contribution in [0.4, 0.5) is 10.1 Å². The summed E-state index contributed by atoms with van der Waals surface area (Å²) >= 11 is 0. The molecule has 24 heavy (non-hydrogen) atoms. The molecule has 5 heteroatoms. The first-order chi connectivity index (χ1) is 11.6. The molecule has 1 heterocycles. The van der Waals surface area contributed by atoms with Crippen LogP contribution in [-0.2, 0) is 4.79 Å². The van der Waals surface area contributed by atoms with Gasteiger partial charge in [-0.25, -0.2) is 4.39 Å². The summed E-state index contributed by atoms with van der Waals surface area (Å²) in [6, 6.07) is 7.00. The van der Waals surface area contributed by atoms with Crippen molar-refractivity contribution < 1.29 is 9.18 Å². The lowest BCUT2D eigenvalue weighted by atomic mass is 9.86. The van der Waals surface area contributed by atoms with E-state index in [1.807, 2.05) is 12.1 Å². The maximum atomic E-state index is 13.0. The summed E-state index contributed by atoms with van der Waals surface area (Å²) in [7, 11) is 0. The maximum absolute atomic E-state index is 13.0. The zero-order valence-corrected chi connectivity index (χ0v) is 14.5. The summed E-state index contributed by atoms with van der Waals surface area (Å²) < 4.78 is 13.0. The van der Waals surface area contributed by atoms with Crippen LogP contribution in [0.1, 0.15) is 32.6 Å². The first-order valence-corrected chi connectivity index (χ1v) is 9.14. The highest BCUT2D eigenvalue weighted by Gasteiger charge is 2.24. The molecular weight excluding hydrogens is 305 g/mol. The minimum absolute atomic E-state index is 0.156. The van der Waals surface area contributed by atoms with E-state index in [-0.39, 0.29) is 11.7 Å². The summed E-state index contributed by atoms with van der Waals surface area (Å²) in [6.07, 6.45) is 4.86. The second-order valence-electron chi connectivity index (χ2n) is 7.18. The molecule has 1 aromatic carbocycles. The molecule has 1 N–H and O–H groups in total. The van der Waals surface area contributed by atoms with E-state index >= 15 is 0 Å². The lowest BCUT2D eigenvalue weighted by Crippen LogP contribution is -2.51. The monoisotopic (exact) mass is 333 g/mol. The average Bonchev–Trinajstić information content (AvgIpc) is 2.58. The van der Waals surface area contributed by atoms with Crippen LogP contribution in [0, 0.1) is 11.7 Å². The van der Waals surface area contributed by atoms with Crippen molar-refractivity contribution in [2.45, 2.75) is 38.6 Å². The Morgan fingerprint density at radius 2 is 1.79 bits per heavy atom. The standard InChI is InChI=1S/C19H28FN3O/c1-15-4-2-3-5-18(15)21-19(24)14-22-10-12-23(13-11-22)17-8-6-16(20)7-9-17/h6-9,15,18H,2-5,10-14H2,1H3,(H,21,24)/t15-,18-/m0/s1. The molecule has 1 amide bonds. The van der Waals surface area contributed by atoms with Gasteiger partial charge in [0, 0.05) is 37.9 Å². The van der Waals surface area contributed by atoms with E-state index in [1.165, 1.54) is 31.4 Å². The molecule has 1 aliphatic heterocycles. The topological polar surface area (TPSA) is 35.6 Å². The van der Waals surface area contributed by atoms with Crippen molar-refractivity contribution in [1.82, 2.24) is 10.2 Å². The molecule has 0 radical (unpaired) electrons. The van der Waals surface area contributed by atoms with Crippen LogP contribution in [0.15, 0.2) is 24.3 Å².